The summed E-state index contributed by atoms with van der Waals surface area (Å²) in [7, 11) is 0. The third kappa shape index (κ3) is 4.65. The summed E-state index contributed by atoms with van der Waals surface area (Å²) in [5, 5.41) is 0. The van der Waals surface area contributed by atoms with Gasteiger partial charge in [0.1, 0.15) is 0 Å². The fourth-order valence-electron chi connectivity index (χ4n) is 0.506. The van der Waals surface area contributed by atoms with Crippen molar-refractivity contribution in [2.45, 2.75) is 0 Å². The van der Waals surface area contributed by atoms with E-state index in [4.69, 9.17) is 0 Å². The number of thiol groups is 1. The van der Waals surface area contributed by atoms with Crippen LogP contribution in [0, 0.1) is 0 Å². The first kappa shape index (κ1) is 13.5. The molecule has 0 heterocycles. The second kappa shape index (κ2) is 7.98. The van der Waals surface area contributed by atoms with Gasteiger partial charge in [0.2, 0.25) is 0 Å². The van der Waals surface area contributed by atoms with Crippen molar-refractivity contribution in [2.24, 2.45) is 0 Å². The molecule has 0 aliphatic rings. The van der Waals surface area contributed by atoms with Gasteiger partial charge >= 0.3 is 51.4 Å². The molecular formula is C7H6KOS-. The molecule has 0 unspecified atom stereocenters. The van der Waals surface area contributed by atoms with Crippen molar-refractivity contribution >= 4 is 19.8 Å². The van der Waals surface area contributed by atoms with Crippen molar-refractivity contribution < 1.29 is 56.2 Å². The summed E-state index contributed by atoms with van der Waals surface area (Å²) < 4.78 is 0. The maximum absolute atomic E-state index is 9.88. The molecule has 0 amide bonds. The molecule has 0 aliphatic heterocycles. The largest absolute Gasteiger partial charge is 1.00 e. The van der Waals surface area contributed by atoms with Crippen LogP contribution in [0.5, 0.6) is 0 Å². The van der Waals surface area contributed by atoms with Gasteiger partial charge in [0.25, 0.3) is 0 Å². The molecule has 0 atom stereocenters. The number of benzene rings is 1. The number of rotatable bonds is 1. The second-order valence-corrected chi connectivity index (χ2v) is 1.47. The van der Waals surface area contributed by atoms with Crippen LogP contribution in [0.1, 0.15) is 5.56 Å². The Bertz CT molecular complexity index is 176. The molecule has 0 fully saturated rings. The molecule has 0 bridgehead atoms. The van der Waals surface area contributed by atoms with E-state index in [0.717, 1.165) is 0 Å². The predicted molar refractivity (Wildman–Crippen MR) is 40.0 cm³/mol. The molecule has 0 aliphatic carbocycles. The molecule has 0 saturated heterocycles. The van der Waals surface area contributed by atoms with E-state index in [1.54, 1.807) is 30.6 Å². The Balaban J connectivity index is 0. The van der Waals surface area contributed by atoms with Crippen molar-refractivity contribution in [3.63, 3.8) is 0 Å². The molecule has 0 saturated carbocycles. The third-order valence-corrected chi connectivity index (χ3v) is 0.892. The van der Waals surface area contributed by atoms with Crippen LogP contribution >= 0.6 is 0 Å². The summed E-state index contributed by atoms with van der Waals surface area (Å²) >= 11 is 0. The van der Waals surface area contributed by atoms with Gasteiger partial charge < -0.3 is 18.3 Å². The van der Waals surface area contributed by atoms with Crippen molar-refractivity contribution in [3.05, 3.63) is 35.9 Å². The Labute approximate surface area is 110 Å². The maximum atomic E-state index is 9.88. The van der Waals surface area contributed by atoms with Crippen LogP contribution in [0.25, 0.3) is 0 Å². The first-order valence-corrected chi connectivity index (χ1v) is 2.36. The standard InChI is InChI=1S/C7H5O.K.H2S/c8-6-7-4-2-1-3-5-7;;/h1-5H;;1H2/q-1;+1;/p-1. The zero-order chi connectivity index (χ0) is 5.82. The number of hydrogen-bond acceptors (Lipinski definition) is 2. The van der Waals surface area contributed by atoms with Crippen molar-refractivity contribution in [1.82, 2.24) is 0 Å². The van der Waals surface area contributed by atoms with Gasteiger partial charge in [0.05, 0.1) is 6.29 Å². The van der Waals surface area contributed by atoms with E-state index in [2.05, 4.69) is 0 Å². The van der Waals surface area contributed by atoms with Gasteiger partial charge in [-0.2, -0.15) is 17.7 Å². The molecule has 0 radical (unpaired) electrons. The van der Waals surface area contributed by atoms with E-state index in [-0.39, 0.29) is 64.9 Å². The molecule has 10 heavy (non-hydrogen) atoms. The minimum Gasteiger partial charge on any atom is -0.813 e. The summed E-state index contributed by atoms with van der Waals surface area (Å²) in [6, 6.07) is 8.90. The fourth-order valence-corrected chi connectivity index (χ4v) is 0.506. The molecule has 0 spiro atoms. The second-order valence-electron chi connectivity index (χ2n) is 1.47. The van der Waals surface area contributed by atoms with Gasteiger partial charge in [-0.1, -0.05) is 6.07 Å². The van der Waals surface area contributed by atoms with Gasteiger partial charge in [-0.05, 0) is 0 Å². The van der Waals surface area contributed by atoms with E-state index in [9.17, 15) is 4.79 Å². The quantitative estimate of drug-likeness (QED) is 0.211. The average molecular weight is 177 g/mol. The molecular weight excluding hydrogens is 171 g/mol. The van der Waals surface area contributed by atoms with Crippen LogP contribution in [0.4, 0.5) is 0 Å². The van der Waals surface area contributed by atoms with Gasteiger partial charge in [-0.25, -0.2) is 0 Å². The molecule has 1 nitrogen and oxygen atoms in total. The molecule has 1 aromatic carbocycles. The van der Waals surface area contributed by atoms with Crippen molar-refractivity contribution in [1.29, 1.82) is 0 Å². The first-order valence-electron chi connectivity index (χ1n) is 2.36. The summed E-state index contributed by atoms with van der Waals surface area (Å²) in [6.07, 6.45) is 1.78. The number of carbonyl (C=O) groups excluding carboxylic acids is 1. The van der Waals surface area contributed by atoms with Gasteiger partial charge in [-0.15, -0.1) is 12.1 Å². The zero-order valence-electron chi connectivity index (χ0n) is 5.74. The molecule has 1 rings (SSSR count). The number of hydrogen-bond donors (Lipinski definition) is 0. The topological polar surface area (TPSA) is 17.1 Å². The monoisotopic (exact) mass is 177 g/mol. The predicted octanol–water partition coefficient (Wildman–Crippen LogP) is -2.12. The minimum absolute atomic E-state index is 0. The minimum atomic E-state index is 0. The molecule has 48 valence electrons. The summed E-state index contributed by atoms with van der Waals surface area (Å²) in [4.78, 5) is 9.88. The zero-order valence-corrected chi connectivity index (χ0v) is 9.76. The molecule has 0 N–H and O–H groups in total. The SMILES string of the molecule is O=[C-]c1ccccc1.[K+].[SH-]. The van der Waals surface area contributed by atoms with Gasteiger partial charge in [0.15, 0.2) is 0 Å². The first-order chi connectivity index (χ1) is 3.93. The van der Waals surface area contributed by atoms with Crippen LogP contribution in [-0.4, -0.2) is 6.29 Å². The Morgan fingerprint density at radius 1 is 1.10 bits per heavy atom. The van der Waals surface area contributed by atoms with E-state index in [1.807, 2.05) is 6.07 Å². The van der Waals surface area contributed by atoms with E-state index in [1.165, 1.54) is 0 Å². The normalized spacial score (nSPS) is 6.80. The van der Waals surface area contributed by atoms with Crippen LogP contribution < -0.4 is 51.4 Å². The molecule has 3 heteroatoms. The Hall–Kier alpha value is 0.876. The third-order valence-electron chi connectivity index (χ3n) is 0.892. The summed E-state index contributed by atoms with van der Waals surface area (Å²) in [6.45, 7) is 0. The van der Waals surface area contributed by atoms with Crippen molar-refractivity contribution in [3.8, 4) is 0 Å². The van der Waals surface area contributed by atoms with Crippen LogP contribution in [0.15, 0.2) is 30.3 Å². The van der Waals surface area contributed by atoms with E-state index in [0.29, 0.717) is 5.56 Å². The molecule has 1 aromatic rings. The average Bonchev–Trinajstić information content (AvgIpc) is 1.90. The maximum Gasteiger partial charge on any atom is 1.00 e. The van der Waals surface area contributed by atoms with E-state index >= 15 is 0 Å². The fraction of sp³-hybridized carbons (Fsp3) is 0. The Kier molecular flexibility index (Phi) is 10.7. The molecule has 0 aromatic heterocycles. The van der Waals surface area contributed by atoms with Crippen LogP contribution in [0.2, 0.25) is 0 Å². The Morgan fingerprint density at radius 3 is 1.90 bits per heavy atom. The Morgan fingerprint density at radius 2 is 1.60 bits per heavy atom. The summed E-state index contributed by atoms with van der Waals surface area (Å²) in [5.41, 5.74) is 0.604. The van der Waals surface area contributed by atoms with Crippen molar-refractivity contribution in [2.75, 3.05) is 0 Å². The van der Waals surface area contributed by atoms with E-state index < -0.39 is 0 Å². The summed E-state index contributed by atoms with van der Waals surface area (Å²) in [5.74, 6) is 0. The smallest absolute Gasteiger partial charge is 0.813 e. The van der Waals surface area contributed by atoms with Crippen LogP contribution in [0.3, 0.4) is 0 Å². The van der Waals surface area contributed by atoms with Crippen LogP contribution in [-0.2, 0) is 18.3 Å². The van der Waals surface area contributed by atoms with Gasteiger partial charge in [-0.3, -0.25) is 0 Å². The van der Waals surface area contributed by atoms with Gasteiger partial charge in [0, 0.05) is 0 Å².